The van der Waals surface area contributed by atoms with Crippen molar-refractivity contribution in [3.63, 3.8) is 0 Å². The molecular formula is C16H19N3O. The maximum atomic E-state index is 12.4. The van der Waals surface area contributed by atoms with E-state index in [1.165, 1.54) is 0 Å². The van der Waals surface area contributed by atoms with Crippen LogP contribution >= 0.6 is 0 Å². The van der Waals surface area contributed by atoms with Crippen LogP contribution in [-0.2, 0) is 10.2 Å². The van der Waals surface area contributed by atoms with Crippen molar-refractivity contribution < 1.29 is 4.79 Å². The number of carbonyl (C=O) groups excluding carboxylic acids is 1. The highest BCUT2D eigenvalue weighted by molar-refractivity contribution is 5.97. The van der Waals surface area contributed by atoms with Gasteiger partial charge in [0, 0.05) is 11.9 Å². The van der Waals surface area contributed by atoms with Gasteiger partial charge >= 0.3 is 0 Å². The molecule has 1 amide bonds. The molecule has 0 spiro atoms. The first-order chi connectivity index (χ1) is 9.39. The molecule has 0 bridgehead atoms. The van der Waals surface area contributed by atoms with E-state index in [1.807, 2.05) is 39.0 Å². The van der Waals surface area contributed by atoms with Crippen LogP contribution in [0.3, 0.4) is 0 Å². The summed E-state index contributed by atoms with van der Waals surface area (Å²) in [4.78, 5) is 16.6. The van der Waals surface area contributed by atoms with Gasteiger partial charge in [-0.05, 0) is 50.1 Å². The Hall–Kier alpha value is -2.36. The minimum atomic E-state index is -0.653. The Balaban J connectivity index is 2.18. The van der Waals surface area contributed by atoms with Crippen LogP contribution in [0.15, 0.2) is 42.6 Å². The van der Waals surface area contributed by atoms with Gasteiger partial charge in [0.2, 0.25) is 5.91 Å². The number of amides is 1. The molecule has 3 N–H and O–H groups in total. The van der Waals surface area contributed by atoms with Gasteiger partial charge in [0.25, 0.3) is 0 Å². The predicted octanol–water partition coefficient (Wildman–Crippen LogP) is 2.89. The Morgan fingerprint density at radius 3 is 2.35 bits per heavy atom. The van der Waals surface area contributed by atoms with Crippen LogP contribution in [0.5, 0.6) is 0 Å². The third kappa shape index (κ3) is 2.96. The van der Waals surface area contributed by atoms with E-state index in [0.717, 1.165) is 11.1 Å². The van der Waals surface area contributed by atoms with Gasteiger partial charge in [0.05, 0.1) is 5.41 Å². The maximum Gasteiger partial charge on any atom is 0.235 e. The molecule has 2 rings (SSSR count). The number of aromatic nitrogens is 1. The van der Waals surface area contributed by atoms with Crippen molar-refractivity contribution in [1.29, 1.82) is 0 Å². The maximum absolute atomic E-state index is 12.4. The molecule has 4 nitrogen and oxygen atoms in total. The molecule has 0 aliphatic carbocycles. The summed E-state index contributed by atoms with van der Waals surface area (Å²) in [5.74, 6) is 0.461. The van der Waals surface area contributed by atoms with Crippen molar-refractivity contribution in [2.24, 2.45) is 0 Å². The van der Waals surface area contributed by atoms with Crippen molar-refractivity contribution in [2.75, 3.05) is 11.1 Å². The van der Waals surface area contributed by atoms with Crippen LogP contribution in [-0.4, -0.2) is 10.9 Å². The third-order valence-corrected chi connectivity index (χ3v) is 3.35. The Morgan fingerprint density at radius 1 is 1.15 bits per heavy atom. The lowest BCUT2D eigenvalue weighted by molar-refractivity contribution is -0.120. The van der Waals surface area contributed by atoms with E-state index in [0.29, 0.717) is 11.5 Å². The van der Waals surface area contributed by atoms with E-state index in [-0.39, 0.29) is 5.91 Å². The number of aryl methyl sites for hydroxylation is 1. The second kappa shape index (κ2) is 5.33. The highest BCUT2D eigenvalue weighted by Gasteiger charge is 2.29. The first-order valence-corrected chi connectivity index (χ1v) is 6.50. The lowest BCUT2D eigenvalue weighted by Gasteiger charge is -2.24. The van der Waals surface area contributed by atoms with Crippen molar-refractivity contribution >= 4 is 17.4 Å². The summed E-state index contributed by atoms with van der Waals surface area (Å²) >= 11 is 0. The first-order valence-electron chi connectivity index (χ1n) is 6.50. The molecule has 104 valence electrons. The van der Waals surface area contributed by atoms with Gasteiger partial charge in [0.15, 0.2) is 0 Å². The number of anilines is 2. The van der Waals surface area contributed by atoms with Crippen LogP contribution in [0.2, 0.25) is 0 Å². The smallest absolute Gasteiger partial charge is 0.235 e. The van der Waals surface area contributed by atoms with Gasteiger partial charge in [-0.15, -0.1) is 0 Å². The number of pyridine rings is 1. The Labute approximate surface area is 119 Å². The second-order valence-electron chi connectivity index (χ2n) is 5.42. The average Bonchev–Trinajstić information content (AvgIpc) is 2.42. The second-order valence-corrected chi connectivity index (χ2v) is 5.42. The van der Waals surface area contributed by atoms with Crippen molar-refractivity contribution in [3.05, 3.63) is 53.7 Å². The van der Waals surface area contributed by atoms with Gasteiger partial charge in [-0.1, -0.05) is 18.2 Å². The normalized spacial score (nSPS) is 11.2. The number of nitrogens with zero attached hydrogens (tertiary/aromatic N) is 1. The summed E-state index contributed by atoms with van der Waals surface area (Å²) in [6.45, 7) is 5.71. The lowest BCUT2D eigenvalue weighted by atomic mass is 9.83. The van der Waals surface area contributed by atoms with E-state index in [2.05, 4.69) is 10.3 Å². The number of nitrogens with two attached hydrogens (primary N) is 1. The highest BCUT2D eigenvalue weighted by atomic mass is 16.2. The molecule has 1 aromatic heterocycles. The molecule has 1 aromatic carbocycles. The van der Waals surface area contributed by atoms with Crippen molar-refractivity contribution in [3.8, 4) is 0 Å². The number of hydrogen-bond acceptors (Lipinski definition) is 3. The largest absolute Gasteiger partial charge is 0.399 e. The first kappa shape index (κ1) is 14.1. The molecule has 1 heterocycles. The number of nitrogens with one attached hydrogen (secondary N) is 1. The van der Waals surface area contributed by atoms with Gasteiger partial charge < -0.3 is 11.1 Å². The predicted molar refractivity (Wildman–Crippen MR) is 81.5 cm³/mol. The van der Waals surface area contributed by atoms with Gasteiger partial charge in [-0.3, -0.25) is 4.79 Å². The zero-order valence-corrected chi connectivity index (χ0v) is 12.0. The minimum absolute atomic E-state index is 0.0985. The molecule has 0 aliphatic rings. The number of benzene rings is 1. The van der Waals surface area contributed by atoms with Gasteiger partial charge in [-0.25, -0.2) is 4.98 Å². The number of nitrogen functional groups attached to an aromatic ring is 1. The summed E-state index contributed by atoms with van der Waals surface area (Å²) in [5, 5.41) is 2.84. The van der Waals surface area contributed by atoms with Crippen molar-refractivity contribution in [1.82, 2.24) is 4.98 Å². The van der Waals surface area contributed by atoms with Crippen LogP contribution < -0.4 is 11.1 Å². The fraction of sp³-hybridized carbons (Fsp3) is 0.250. The van der Waals surface area contributed by atoms with E-state index in [9.17, 15) is 4.79 Å². The zero-order chi connectivity index (χ0) is 14.8. The standard InChI is InChI=1S/C16H19N3O/c1-11-4-9-14(18-10-11)19-15(20)16(2,3)12-5-7-13(17)8-6-12/h4-10H,17H2,1-3H3,(H,18,19,20). The fourth-order valence-corrected chi connectivity index (χ4v) is 1.85. The fourth-order valence-electron chi connectivity index (χ4n) is 1.85. The molecule has 0 saturated carbocycles. The summed E-state index contributed by atoms with van der Waals surface area (Å²) in [6, 6.07) is 11.1. The lowest BCUT2D eigenvalue weighted by Crippen LogP contribution is -2.35. The molecule has 0 aliphatic heterocycles. The number of rotatable bonds is 3. The molecule has 20 heavy (non-hydrogen) atoms. The number of carbonyl (C=O) groups is 1. The average molecular weight is 269 g/mol. The van der Waals surface area contributed by atoms with Crippen LogP contribution in [0.4, 0.5) is 11.5 Å². The summed E-state index contributed by atoms with van der Waals surface area (Å²) in [5.41, 5.74) is 7.68. The Bertz CT molecular complexity index is 601. The SMILES string of the molecule is Cc1ccc(NC(=O)C(C)(C)c2ccc(N)cc2)nc1. The van der Waals surface area contributed by atoms with Gasteiger partial charge in [0.1, 0.15) is 5.82 Å². The van der Waals surface area contributed by atoms with E-state index in [1.54, 1.807) is 24.4 Å². The van der Waals surface area contributed by atoms with E-state index < -0.39 is 5.41 Å². The molecule has 0 fully saturated rings. The van der Waals surface area contributed by atoms with Gasteiger partial charge in [-0.2, -0.15) is 0 Å². The quantitative estimate of drug-likeness (QED) is 0.842. The third-order valence-electron chi connectivity index (χ3n) is 3.35. The molecule has 0 atom stereocenters. The summed E-state index contributed by atoms with van der Waals surface area (Å²) in [6.07, 6.45) is 1.73. The summed E-state index contributed by atoms with van der Waals surface area (Å²) < 4.78 is 0. The van der Waals surface area contributed by atoms with Crippen LogP contribution in [0.25, 0.3) is 0 Å². The number of hydrogen-bond donors (Lipinski definition) is 2. The minimum Gasteiger partial charge on any atom is -0.399 e. The molecule has 0 unspecified atom stereocenters. The molecular weight excluding hydrogens is 250 g/mol. The van der Waals surface area contributed by atoms with E-state index >= 15 is 0 Å². The molecule has 4 heteroatoms. The highest BCUT2D eigenvalue weighted by Crippen LogP contribution is 2.25. The molecule has 0 radical (unpaired) electrons. The summed E-state index contributed by atoms with van der Waals surface area (Å²) in [7, 11) is 0. The topological polar surface area (TPSA) is 68.0 Å². The zero-order valence-electron chi connectivity index (χ0n) is 12.0. The molecule has 2 aromatic rings. The Morgan fingerprint density at radius 2 is 1.80 bits per heavy atom. The molecule has 0 saturated heterocycles. The van der Waals surface area contributed by atoms with Crippen LogP contribution in [0.1, 0.15) is 25.0 Å². The van der Waals surface area contributed by atoms with E-state index in [4.69, 9.17) is 5.73 Å². The Kier molecular flexibility index (Phi) is 3.74. The monoisotopic (exact) mass is 269 g/mol. The van der Waals surface area contributed by atoms with Crippen molar-refractivity contribution in [2.45, 2.75) is 26.2 Å². The van der Waals surface area contributed by atoms with Crippen LogP contribution in [0, 0.1) is 6.92 Å².